The number of halogens is 1. The van der Waals surface area contributed by atoms with E-state index in [-0.39, 0.29) is 17.7 Å². The van der Waals surface area contributed by atoms with Crippen LogP contribution in [-0.4, -0.2) is 35.2 Å². The molecular formula is C17H11BrN2O5. The van der Waals surface area contributed by atoms with Crippen LogP contribution in [-0.2, 0) is 9.59 Å². The van der Waals surface area contributed by atoms with Crippen LogP contribution in [0, 0.1) is 0 Å². The zero-order chi connectivity index (χ0) is 18.1. The van der Waals surface area contributed by atoms with Gasteiger partial charge in [-0.3, -0.25) is 19.3 Å². The lowest BCUT2D eigenvalue weighted by atomic mass is 10.1. The van der Waals surface area contributed by atoms with E-state index in [9.17, 15) is 19.2 Å². The molecule has 2 aromatic carbocycles. The number of carbonyl (C=O) groups is 4. The highest BCUT2D eigenvalue weighted by atomic mass is 79.9. The SMILES string of the molecule is O=C(CN1C(=O)C(=O)c2cc(Br)ccc21)Nc1ccc(C(=O)O)cc1. The molecular weight excluding hydrogens is 392 g/mol. The number of fused-ring (bicyclic) bond motifs is 1. The summed E-state index contributed by atoms with van der Waals surface area (Å²) in [6.07, 6.45) is 0. The lowest BCUT2D eigenvalue weighted by Crippen LogP contribution is -2.37. The molecule has 126 valence electrons. The quantitative estimate of drug-likeness (QED) is 0.763. The van der Waals surface area contributed by atoms with E-state index >= 15 is 0 Å². The fraction of sp³-hybridized carbons (Fsp3) is 0.0588. The molecule has 1 aliphatic heterocycles. The van der Waals surface area contributed by atoms with Crippen molar-refractivity contribution in [2.75, 3.05) is 16.8 Å². The normalized spacial score (nSPS) is 12.9. The summed E-state index contributed by atoms with van der Waals surface area (Å²) in [6, 6.07) is 10.4. The van der Waals surface area contributed by atoms with Gasteiger partial charge in [-0.25, -0.2) is 4.79 Å². The Labute approximate surface area is 150 Å². The van der Waals surface area contributed by atoms with E-state index in [0.29, 0.717) is 15.8 Å². The van der Waals surface area contributed by atoms with Gasteiger partial charge in [-0.1, -0.05) is 15.9 Å². The third-order valence-electron chi connectivity index (χ3n) is 3.65. The van der Waals surface area contributed by atoms with Crippen molar-refractivity contribution in [2.45, 2.75) is 0 Å². The molecule has 2 aromatic rings. The lowest BCUT2D eigenvalue weighted by molar-refractivity contribution is -0.118. The Balaban J connectivity index is 1.74. The maximum atomic E-state index is 12.2. The average molecular weight is 403 g/mol. The van der Waals surface area contributed by atoms with Crippen molar-refractivity contribution < 1.29 is 24.3 Å². The van der Waals surface area contributed by atoms with Crippen LogP contribution in [0.3, 0.4) is 0 Å². The summed E-state index contributed by atoms with van der Waals surface area (Å²) in [6.45, 7) is -0.320. The number of amides is 2. The second kappa shape index (κ2) is 6.48. The smallest absolute Gasteiger partial charge is 0.335 e. The van der Waals surface area contributed by atoms with Crippen LogP contribution in [0.15, 0.2) is 46.9 Å². The van der Waals surface area contributed by atoms with Gasteiger partial charge in [0.2, 0.25) is 5.91 Å². The second-order valence-corrected chi connectivity index (χ2v) is 6.23. The molecule has 0 aromatic heterocycles. The summed E-state index contributed by atoms with van der Waals surface area (Å²) >= 11 is 3.24. The summed E-state index contributed by atoms with van der Waals surface area (Å²) < 4.78 is 0.664. The van der Waals surface area contributed by atoms with Gasteiger partial charge in [0.25, 0.3) is 11.7 Å². The number of ketones is 1. The number of hydrogen-bond donors (Lipinski definition) is 2. The molecule has 0 fully saturated rings. The van der Waals surface area contributed by atoms with Crippen molar-refractivity contribution in [3.8, 4) is 0 Å². The van der Waals surface area contributed by atoms with Crippen LogP contribution < -0.4 is 10.2 Å². The first-order chi connectivity index (χ1) is 11.9. The largest absolute Gasteiger partial charge is 0.478 e. The van der Waals surface area contributed by atoms with Gasteiger partial charge in [0.1, 0.15) is 6.54 Å². The summed E-state index contributed by atoms with van der Waals surface area (Å²) in [5.41, 5.74) is 1.12. The second-order valence-electron chi connectivity index (χ2n) is 5.31. The highest BCUT2D eigenvalue weighted by molar-refractivity contribution is 9.10. The van der Waals surface area contributed by atoms with Crippen molar-refractivity contribution >= 4 is 50.9 Å². The van der Waals surface area contributed by atoms with E-state index in [1.165, 1.54) is 30.3 Å². The first-order valence-electron chi connectivity index (χ1n) is 7.16. The van der Waals surface area contributed by atoms with Crippen LogP contribution in [0.25, 0.3) is 0 Å². The predicted octanol–water partition coefficient (Wildman–Crippen LogP) is 2.32. The average Bonchev–Trinajstić information content (AvgIpc) is 2.80. The Bertz CT molecular complexity index is 908. The number of hydrogen-bond acceptors (Lipinski definition) is 4. The van der Waals surface area contributed by atoms with Gasteiger partial charge in [-0.2, -0.15) is 0 Å². The number of aromatic carboxylic acids is 1. The molecule has 0 atom stereocenters. The maximum Gasteiger partial charge on any atom is 0.335 e. The van der Waals surface area contributed by atoms with E-state index < -0.39 is 23.6 Å². The highest BCUT2D eigenvalue weighted by Crippen LogP contribution is 2.31. The van der Waals surface area contributed by atoms with Gasteiger partial charge in [0, 0.05) is 10.2 Å². The molecule has 1 heterocycles. The number of carbonyl (C=O) groups excluding carboxylic acids is 3. The molecule has 0 radical (unpaired) electrons. The lowest BCUT2D eigenvalue weighted by Gasteiger charge is -2.16. The van der Waals surface area contributed by atoms with Crippen molar-refractivity contribution in [1.82, 2.24) is 0 Å². The minimum Gasteiger partial charge on any atom is -0.478 e. The number of benzene rings is 2. The van der Waals surface area contributed by atoms with Crippen molar-refractivity contribution in [2.24, 2.45) is 0 Å². The molecule has 0 saturated heterocycles. The number of rotatable bonds is 4. The highest BCUT2D eigenvalue weighted by Gasteiger charge is 2.36. The van der Waals surface area contributed by atoms with Crippen molar-refractivity contribution in [3.05, 3.63) is 58.1 Å². The first kappa shape index (κ1) is 16.8. The Morgan fingerprint density at radius 3 is 2.40 bits per heavy atom. The number of nitrogens with one attached hydrogen (secondary N) is 1. The Kier molecular flexibility index (Phi) is 4.37. The molecule has 0 bridgehead atoms. The van der Waals surface area contributed by atoms with Crippen molar-refractivity contribution in [3.63, 3.8) is 0 Å². The predicted molar refractivity (Wildman–Crippen MR) is 92.9 cm³/mol. The molecule has 3 rings (SSSR count). The Morgan fingerprint density at radius 1 is 1.08 bits per heavy atom. The van der Waals surface area contributed by atoms with Crippen LogP contribution >= 0.6 is 15.9 Å². The number of carboxylic acid groups (broad SMARTS) is 1. The molecule has 25 heavy (non-hydrogen) atoms. The van der Waals surface area contributed by atoms with Crippen LogP contribution in [0.5, 0.6) is 0 Å². The molecule has 0 aliphatic carbocycles. The topological polar surface area (TPSA) is 104 Å². The molecule has 0 saturated carbocycles. The summed E-state index contributed by atoms with van der Waals surface area (Å²) in [5, 5.41) is 11.4. The van der Waals surface area contributed by atoms with Gasteiger partial charge in [-0.05, 0) is 42.5 Å². The van der Waals surface area contributed by atoms with Crippen molar-refractivity contribution in [1.29, 1.82) is 0 Å². The van der Waals surface area contributed by atoms with E-state index in [2.05, 4.69) is 21.2 Å². The minimum atomic E-state index is -1.07. The summed E-state index contributed by atoms with van der Waals surface area (Å²) in [5.74, 6) is -2.98. The fourth-order valence-corrected chi connectivity index (χ4v) is 2.83. The molecule has 0 unspecified atom stereocenters. The van der Waals surface area contributed by atoms with Gasteiger partial charge in [0.05, 0.1) is 16.8 Å². The number of anilines is 2. The third-order valence-corrected chi connectivity index (χ3v) is 4.14. The molecule has 2 amide bonds. The molecule has 7 nitrogen and oxygen atoms in total. The first-order valence-corrected chi connectivity index (χ1v) is 7.95. The van der Waals surface area contributed by atoms with E-state index in [1.54, 1.807) is 12.1 Å². The standard InChI is InChI=1S/C17H11BrN2O5/c18-10-3-6-13-12(7-10)15(22)16(23)20(13)8-14(21)19-11-4-1-9(2-5-11)17(24)25/h1-7H,8H2,(H,19,21)(H,24,25). The van der Waals surface area contributed by atoms with Gasteiger partial charge in [-0.15, -0.1) is 0 Å². The van der Waals surface area contributed by atoms with Crippen LogP contribution in [0.1, 0.15) is 20.7 Å². The van der Waals surface area contributed by atoms with Gasteiger partial charge < -0.3 is 10.4 Å². The molecule has 0 spiro atoms. The van der Waals surface area contributed by atoms with E-state index in [1.807, 2.05) is 0 Å². The molecule has 1 aliphatic rings. The zero-order valence-electron chi connectivity index (χ0n) is 12.7. The number of carboxylic acids is 1. The Morgan fingerprint density at radius 2 is 1.76 bits per heavy atom. The summed E-state index contributed by atoms with van der Waals surface area (Å²) in [4.78, 5) is 48.2. The van der Waals surface area contributed by atoms with E-state index in [4.69, 9.17) is 5.11 Å². The van der Waals surface area contributed by atoms with Crippen LogP contribution in [0.2, 0.25) is 0 Å². The molecule has 8 heteroatoms. The summed E-state index contributed by atoms with van der Waals surface area (Å²) in [7, 11) is 0. The van der Waals surface area contributed by atoms with Gasteiger partial charge >= 0.3 is 5.97 Å². The zero-order valence-corrected chi connectivity index (χ0v) is 14.2. The van der Waals surface area contributed by atoms with Gasteiger partial charge in [0.15, 0.2) is 0 Å². The number of nitrogens with zero attached hydrogens (tertiary/aromatic N) is 1. The molecule has 2 N–H and O–H groups in total. The number of Topliss-reactive ketones (excluding diaryl/α,β-unsaturated/α-hetero) is 1. The third kappa shape index (κ3) is 3.29. The fourth-order valence-electron chi connectivity index (χ4n) is 2.47. The maximum absolute atomic E-state index is 12.2. The minimum absolute atomic E-state index is 0.0952. The Hall–Kier alpha value is -3.00. The van der Waals surface area contributed by atoms with Crippen LogP contribution in [0.4, 0.5) is 11.4 Å². The monoisotopic (exact) mass is 402 g/mol. The van der Waals surface area contributed by atoms with E-state index in [0.717, 1.165) is 4.90 Å².